The molecule has 0 radical (unpaired) electrons. The van der Waals surface area contributed by atoms with Crippen LogP contribution in [0.25, 0.3) is 5.57 Å². The smallest absolute Gasteiger partial charge is 0.188 e. The molecule has 0 saturated carbocycles. The molecule has 114 valence electrons. The van der Waals surface area contributed by atoms with E-state index in [1.54, 1.807) is 26.4 Å². The SMILES string of the molecule is COCOc1cc(C=O)c(C2=CCCC2)c(OCOC)c1. The molecule has 0 aliphatic heterocycles. The second-order valence-corrected chi connectivity index (χ2v) is 4.73. The molecule has 0 aromatic heterocycles. The topological polar surface area (TPSA) is 54.0 Å². The first-order valence-corrected chi connectivity index (χ1v) is 6.86. The summed E-state index contributed by atoms with van der Waals surface area (Å²) in [5.74, 6) is 1.13. The Bertz CT molecular complexity index is 522. The van der Waals surface area contributed by atoms with Crippen LogP contribution in [0.15, 0.2) is 18.2 Å². The van der Waals surface area contributed by atoms with E-state index in [2.05, 4.69) is 6.08 Å². The van der Waals surface area contributed by atoms with Gasteiger partial charge in [0, 0.05) is 31.4 Å². The summed E-state index contributed by atoms with van der Waals surface area (Å²) in [6, 6.07) is 3.47. The van der Waals surface area contributed by atoms with Gasteiger partial charge in [0.15, 0.2) is 19.9 Å². The van der Waals surface area contributed by atoms with Gasteiger partial charge in [0.2, 0.25) is 0 Å². The number of rotatable bonds is 8. The summed E-state index contributed by atoms with van der Waals surface area (Å²) in [5.41, 5.74) is 2.54. The number of carbonyl (C=O) groups excluding carboxylic acids is 1. The van der Waals surface area contributed by atoms with Gasteiger partial charge in [-0.25, -0.2) is 0 Å². The van der Waals surface area contributed by atoms with E-state index in [1.807, 2.05) is 0 Å². The van der Waals surface area contributed by atoms with E-state index < -0.39 is 0 Å². The third kappa shape index (κ3) is 3.83. The van der Waals surface area contributed by atoms with Crippen LogP contribution in [0.2, 0.25) is 0 Å². The Hall–Kier alpha value is -1.85. The van der Waals surface area contributed by atoms with Crippen molar-refractivity contribution in [3.8, 4) is 11.5 Å². The summed E-state index contributed by atoms with van der Waals surface area (Å²) in [7, 11) is 3.10. The second kappa shape index (κ2) is 7.81. The van der Waals surface area contributed by atoms with Crippen LogP contribution in [0.1, 0.15) is 35.2 Å². The lowest BCUT2D eigenvalue weighted by Gasteiger charge is -2.16. The van der Waals surface area contributed by atoms with Gasteiger partial charge in [-0.05, 0) is 30.9 Å². The minimum atomic E-state index is 0.115. The highest BCUT2D eigenvalue weighted by Gasteiger charge is 2.18. The Morgan fingerprint density at radius 3 is 2.52 bits per heavy atom. The van der Waals surface area contributed by atoms with Gasteiger partial charge in [-0.3, -0.25) is 4.79 Å². The molecule has 2 rings (SSSR count). The third-order valence-electron chi connectivity index (χ3n) is 3.27. The molecule has 1 aliphatic carbocycles. The fourth-order valence-corrected chi connectivity index (χ4v) is 2.39. The highest BCUT2D eigenvalue weighted by atomic mass is 16.7. The number of aldehydes is 1. The van der Waals surface area contributed by atoms with Crippen LogP contribution in [0.5, 0.6) is 11.5 Å². The molecule has 0 heterocycles. The van der Waals surface area contributed by atoms with Crippen molar-refractivity contribution in [3.63, 3.8) is 0 Å². The summed E-state index contributed by atoms with van der Waals surface area (Å²) >= 11 is 0. The van der Waals surface area contributed by atoms with Crippen molar-refractivity contribution in [2.45, 2.75) is 19.3 Å². The zero-order valence-corrected chi connectivity index (χ0v) is 12.4. The standard InChI is InChI=1S/C16H20O5/c1-18-10-20-14-7-13(9-17)16(12-5-3-4-6-12)15(8-14)21-11-19-2/h5,7-9H,3-4,6,10-11H2,1-2H3. The number of methoxy groups -OCH3 is 2. The molecule has 1 aromatic carbocycles. The van der Waals surface area contributed by atoms with Gasteiger partial charge in [0.25, 0.3) is 0 Å². The fourth-order valence-electron chi connectivity index (χ4n) is 2.39. The van der Waals surface area contributed by atoms with Gasteiger partial charge in [0.1, 0.15) is 11.5 Å². The zero-order valence-electron chi connectivity index (χ0n) is 12.4. The number of allylic oxidation sites excluding steroid dienone is 2. The largest absolute Gasteiger partial charge is 0.467 e. The number of ether oxygens (including phenoxy) is 4. The quantitative estimate of drug-likeness (QED) is 0.544. The van der Waals surface area contributed by atoms with Crippen LogP contribution in [0.3, 0.4) is 0 Å². The molecule has 0 atom stereocenters. The third-order valence-corrected chi connectivity index (χ3v) is 3.27. The van der Waals surface area contributed by atoms with Gasteiger partial charge in [-0.1, -0.05) is 6.08 Å². The van der Waals surface area contributed by atoms with Gasteiger partial charge in [0.05, 0.1) is 0 Å². The molecule has 0 fully saturated rings. The monoisotopic (exact) mass is 292 g/mol. The van der Waals surface area contributed by atoms with Gasteiger partial charge in [-0.2, -0.15) is 0 Å². The summed E-state index contributed by atoms with van der Waals surface area (Å²) in [5, 5.41) is 0. The predicted octanol–water partition coefficient (Wildman–Crippen LogP) is 3.03. The minimum Gasteiger partial charge on any atom is -0.467 e. The molecule has 0 spiro atoms. The van der Waals surface area contributed by atoms with E-state index in [1.165, 1.54) is 0 Å². The van der Waals surface area contributed by atoms with E-state index in [-0.39, 0.29) is 13.6 Å². The molecule has 21 heavy (non-hydrogen) atoms. The lowest BCUT2D eigenvalue weighted by atomic mass is 9.98. The fraction of sp³-hybridized carbons (Fsp3) is 0.438. The van der Waals surface area contributed by atoms with E-state index in [4.69, 9.17) is 18.9 Å². The first-order chi connectivity index (χ1) is 10.3. The highest BCUT2D eigenvalue weighted by molar-refractivity contribution is 5.89. The van der Waals surface area contributed by atoms with Crippen LogP contribution in [-0.2, 0) is 9.47 Å². The lowest BCUT2D eigenvalue weighted by molar-refractivity contribution is 0.0458. The molecule has 1 aliphatic rings. The number of carbonyl (C=O) groups is 1. The molecule has 0 N–H and O–H groups in total. The van der Waals surface area contributed by atoms with Gasteiger partial charge >= 0.3 is 0 Å². The first kappa shape index (κ1) is 15.5. The summed E-state index contributed by atoms with van der Waals surface area (Å²) < 4.78 is 20.9. The predicted molar refractivity (Wildman–Crippen MR) is 78.7 cm³/mol. The van der Waals surface area contributed by atoms with Crippen LogP contribution in [0.4, 0.5) is 0 Å². The van der Waals surface area contributed by atoms with Crippen molar-refractivity contribution in [2.75, 3.05) is 27.8 Å². The molecule has 5 nitrogen and oxygen atoms in total. The van der Waals surface area contributed by atoms with Crippen molar-refractivity contribution in [1.29, 1.82) is 0 Å². The molecule has 1 aromatic rings. The summed E-state index contributed by atoms with van der Waals surface area (Å²) in [6.07, 6.45) is 6.05. The molecule has 0 unspecified atom stereocenters. The Balaban J connectivity index is 2.41. The van der Waals surface area contributed by atoms with Gasteiger partial charge in [-0.15, -0.1) is 0 Å². The maximum atomic E-state index is 11.4. The van der Waals surface area contributed by atoms with E-state index in [0.717, 1.165) is 36.7 Å². The van der Waals surface area contributed by atoms with E-state index in [0.29, 0.717) is 17.1 Å². The van der Waals surface area contributed by atoms with Crippen molar-refractivity contribution >= 4 is 11.9 Å². The normalized spacial score (nSPS) is 13.9. The highest BCUT2D eigenvalue weighted by Crippen LogP contribution is 2.38. The number of benzene rings is 1. The van der Waals surface area contributed by atoms with E-state index >= 15 is 0 Å². The van der Waals surface area contributed by atoms with E-state index in [9.17, 15) is 4.79 Å². The molecule has 0 saturated heterocycles. The second-order valence-electron chi connectivity index (χ2n) is 4.73. The van der Waals surface area contributed by atoms with Crippen LogP contribution in [0, 0.1) is 0 Å². The van der Waals surface area contributed by atoms with Crippen molar-refractivity contribution in [2.24, 2.45) is 0 Å². The number of hydrogen-bond donors (Lipinski definition) is 0. The Labute approximate surface area is 124 Å². The summed E-state index contributed by atoms with van der Waals surface area (Å²) in [6.45, 7) is 0.233. The van der Waals surface area contributed by atoms with Crippen LogP contribution < -0.4 is 9.47 Å². The molecule has 5 heteroatoms. The summed E-state index contributed by atoms with van der Waals surface area (Å²) in [4.78, 5) is 11.4. The van der Waals surface area contributed by atoms with Crippen LogP contribution in [-0.4, -0.2) is 34.1 Å². The molecular weight excluding hydrogens is 272 g/mol. The minimum absolute atomic E-state index is 0.115. The number of hydrogen-bond acceptors (Lipinski definition) is 5. The first-order valence-electron chi connectivity index (χ1n) is 6.86. The molecular formula is C16H20O5. The Morgan fingerprint density at radius 2 is 1.90 bits per heavy atom. The van der Waals surface area contributed by atoms with Crippen molar-refractivity contribution in [1.82, 2.24) is 0 Å². The molecule has 0 bridgehead atoms. The Morgan fingerprint density at radius 1 is 1.14 bits per heavy atom. The zero-order chi connectivity index (χ0) is 15.1. The van der Waals surface area contributed by atoms with Crippen molar-refractivity contribution in [3.05, 3.63) is 29.3 Å². The lowest BCUT2D eigenvalue weighted by Crippen LogP contribution is -2.06. The maximum absolute atomic E-state index is 11.4. The average molecular weight is 292 g/mol. The Kier molecular flexibility index (Phi) is 5.78. The average Bonchev–Trinajstić information content (AvgIpc) is 3.04. The van der Waals surface area contributed by atoms with Gasteiger partial charge < -0.3 is 18.9 Å². The molecule has 0 amide bonds. The van der Waals surface area contributed by atoms with Crippen LogP contribution >= 0.6 is 0 Å². The maximum Gasteiger partial charge on any atom is 0.188 e. The van der Waals surface area contributed by atoms with Crippen molar-refractivity contribution < 1.29 is 23.7 Å².